The van der Waals surface area contributed by atoms with E-state index in [0.717, 1.165) is 11.3 Å². The highest BCUT2D eigenvalue weighted by molar-refractivity contribution is 7.84. The lowest BCUT2D eigenvalue weighted by Crippen LogP contribution is -2.30. The van der Waals surface area contributed by atoms with Crippen LogP contribution in [0.3, 0.4) is 0 Å². The molecule has 1 atom stereocenters. The third-order valence-electron chi connectivity index (χ3n) is 3.07. The Kier molecular flexibility index (Phi) is 6.37. The maximum absolute atomic E-state index is 11.5. The van der Waals surface area contributed by atoms with Gasteiger partial charge in [-0.15, -0.1) is 0 Å². The van der Waals surface area contributed by atoms with Crippen molar-refractivity contribution in [3.8, 4) is 11.3 Å². The highest BCUT2D eigenvalue weighted by Crippen LogP contribution is 2.24. The van der Waals surface area contributed by atoms with E-state index in [1.54, 1.807) is 23.2 Å². The van der Waals surface area contributed by atoms with Gasteiger partial charge in [0, 0.05) is 24.2 Å². The van der Waals surface area contributed by atoms with Crippen molar-refractivity contribution in [1.82, 2.24) is 19.7 Å². The summed E-state index contributed by atoms with van der Waals surface area (Å²) in [6, 6.07) is 1.76. The van der Waals surface area contributed by atoms with Gasteiger partial charge in [-0.25, -0.2) is 9.97 Å². The summed E-state index contributed by atoms with van der Waals surface area (Å²) in [4.78, 5) is 8.28. The van der Waals surface area contributed by atoms with Crippen molar-refractivity contribution in [2.24, 2.45) is 0 Å². The smallest absolute Gasteiger partial charge is 0.218 e. The Morgan fingerprint density at radius 2 is 2.00 bits per heavy atom. The van der Waals surface area contributed by atoms with E-state index in [0.29, 0.717) is 10.9 Å². The maximum Gasteiger partial charge on any atom is 0.218 e. The molecule has 2 rings (SSSR count). The van der Waals surface area contributed by atoms with E-state index in [4.69, 9.17) is 0 Å². The second-order valence-electron chi connectivity index (χ2n) is 5.22. The van der Waals surface area contributed by atoms with Crippen molar-refractivity contribution in [2.75, 3.05) is 12.9 Å². The van der Waals surface area contributed by atoms with Crippen LogP contribution in [-0.4, -0.2) is 41.9 Å². The van der Waals surface area contributed by atoms with Crippen LogP contribution in [0.5, 0.6) is 0 Å². The molecule has 0 spiro atoms. The monoisotopic (exact) mass is 324 g/mol. The number of hydrogen-bond acceptors (Lipinski definition) is 5. The van der Waals surface area contributed by atoms with E-state index in [9.17, 15) is 9.32 Å². The largest absolute Gasteiger partial charge is 0.394 e. The zero-order chi connectivity index (χ0) is 16.9. The second kappa shape index (κ2) is 7.60. The zero-order valence-electron chi connectivity index (χ0n) is 14.0. The molecule has 0 aromatic carbocycles. The number of nitrogens with zero attached hydrogens (tertiary/aromatic N) is 4. The van der Waals surface area contributed by atoms with Gasteiger partial charge in [0.05, 0.1) is 34.3 Å². The number of rotatable bonds is 4. The SMILES string of the molecule is CC.Cc1nn(C(C)(C)CO)cc1-c1ccnc(S(C)=O)n1. The van der Waals surface area contributed by atoms with Crippen LogP contribution in [-0.2, 0) is 16.3 Å². The van der Waals surface area contributed by atoms with Gasteiger partial charge in [-0.1, -0.05) is 13.8 Å². The predicted molar refractivity (Wildman–Crippen MR) is 88.1 cm³/mol. The molecule has 6 nitrogen and oxygen atoms in total. The van der Waals surface area contributed by atoms with Crippen LogP contribution in [0.1, 0.15) is 33.4 Å². The molecule has 0 amide bonds. The van der Waals surface area contributed by atoms with Crippen molar-refractivity contribution in [3.63, 3.8) is 0 Å². The van der Waals surface area contributed by atoms with E-state index in [2.05, 4.69) is 15.1 Å². The Labute approximate surface area is 134 Å². The number of aliphatic hydroxyl groups is 1. The summed E-state index contributed by atoms with van der Waals surface area (Å²) in [6.45, 7) is 9.66. The van der Waals surface area contributed by atoms with Crippen LogP contribution >= 0.6 is 0 Å². The topological polar surface area (TPSA) is 80.9 Å². The van der Waals surface area contributed by atoms with Gasteiger partial charge in [-0.3, -0.25) is 8.89 Å². The number of hydrogen-bond donors (Lipinski definition) is 1. The Morgan fingerprint density at radius 1 is 1.36 bits per heavy atom. The molecule has 0 bridgehead atoms. The minimum Gasteiger partial charge on any atom is -0.394 e. The normalized spacial score (nSPS) is 12.5. The van der Waals surface area contributed by atoms with Gasteiger partial charge in [-0.05, 0) is 26.8 Å². The van der Waals surface area contributed by atoms with Crippen molar-refractivity contribution in [2.45, 2.75) is 45.3 Å². The summed E-state index contributed by atoms with van der Waals surface area (Å²) >= 11 is 0. The van der Waals surface area contributed by atoms with Gasteiger partial charge >= 0.3 is 0 Å². The summed E-state index contributed by atoms with van der Waals surface area (Å²) in [6.07, 6.45) is 4.98. The molecule has 0 fully saturated rings. The summed E-state index contributed by atoms with van der Waals surface area (Å²) in [5, 5.41) is 14.1. The third-order valence-corrected chi connectivity index (χ3v) is 3.78. The lowest BCUT2D eigenvalue weighted by molar-refractivity contribution is 0.152. The second-order valence-corrected chi connectivity index (χ2v) is 6.50. The average molecular weight is 324 g/mol. The molecule has 22 heavy (non-hydrogen) atoms. The first-order valence-electron chi connectivity index (χ1n) is 7.19. The summed E-state index contributed by atoms with van der Waals surface area (Å²) in [7, 11) is -1.22. The minimum atomic E-state index is -1.22. The van der Waals surface area contributed by atoms with Crippen molar-refractivity contribution < 1.29 is 9.32 Å². The van der Waals surface area contributed by atoms with E-state index >= 15 is 0 Å². The van der Waals surface area contributed by atoms with E-state index in [-0.39, 0.29) is 6.61 Å². The molecule has 7 heteroatoms. The summed E-state index contributed by atoms with van der Waals surface area (Å²) in [5.74, 6) is 0. The number of aromatic nitrogens is 4. The quantitative estimate of drug-likeness (QED) is 0.872. The number of aryl methyl sites for hydroxylation is 1. The third kappa shape index (κ3) is 3.98. The fourth-order valence-electron chi connectivity index (χ4n) is 1.72. The van der Waals surface area contributed by atoms with Crippen molar-refractivity contribution >= 4 is 10.8 Å². The van der Waals surface area contributed by atoms with Gasteiger partial charge < -0.3 is 5.11 Å². The standard InChI is InChI=1S/C13H18N4O2S.C2H6/c1-9-10(7-17(16-9)13(2,3)8-18)11-5-6-14-12(15-11)20(4)19;1-2/h5-7,18H,8H2,1-4H3;1-2H3. The van der Waals surface area contributed by atoms with E-state index in [1.165, 1.54) is 0 Å². The highest BCUT2D eigenvalue weighted by atomic mass is 32.2. The first-order chi connectivity index (χ1) is 10.3. The molecule has 1 unspecified atom stereocenters. The van der Waals surface area contributed by atoms with E-state index < -0.39 is 16.3 Å². The molecule has 0 saturated carbocycles. The van der Waals surface area contributed by atoms with E-state index in [1.807, 2.05) is 40.8 Å². The van der Waals surface area contributed by atoms with Gasteiger partial charge in [0.15, 0.2) is 0 Å². The molecule has 0 aliphatic carbocycles. The highest BCUT2D eigenvalue weighted by Gasteiger charge is 2.22. The Balaban J connectivity index is 0.00000116. The van der Waals surface area contributed by atoms with Gasteiger partial charge in [0.2, 0.25) is 5.16 Å². The predicted octanol–water partition coefficient (Wildman–Crippen LogP) is 2.14. The molecule has 2 heterocycles. The lowest BCUT2D eigenvalue weighted by atomic mass is 10.1. The molecule has 2 aromatic rings. The van der Waals surface area contributed by atoms with Crippen molar-refractivity contribution in [3.05, 3.63) is 24.2 Å². The fraction of sp³-hybridized carbons (Fsp3) is 0.533. The molecule has 0 aliphatic heterocycles. The summed E-state index contributed by atoms with van der Waals surface area (Å²) in [5.41, 5.74) is 1.85. The molecule has 0 aliphatic rings. The zero-order valence-corrected chi connectivity index (χ0v) is 14.8. The Bertz CT molecular complexity index is 653. The van der Waals surface area contributed by atoms with Crippen LogP contribution in [0.2, 0.25) is 0 Å². The fourth-order valence-corrected chi connectivity index (χ4v) is 2.16. The van der Waals surface area contributed by atoms with Crippen LogP contribution in [0.4, 0.5) is 0 Å². The average Bonchev–Trinajstić information content (AvgIpc) is 2.92. The lowest BCUT2D eigenvalue weighted by Gasteiger charge is -2.22. The van der Waals surface area contributed by atoms with Gasteiger partial charge in [0.1, 0.15) is 0 Å². The first-order valence-corrected chi connectivity index (χ1v) is 8.75. The molecule has 0 saturated heterocycles. The molecule has 0 radical (unpaired) electrons. The van der Waals surface area contributed by atoms with Crippen LogP contribution in [0.15, 0.2) is 23.6 Å². The molecular formula is C15H24N4O2S. The van der Waals surface area contributed by atoms with Crippen molar-refractivity contribution in [1.29, 1.82) is 0 Å². The molecule has 122 valence electrons. The van der Waals surface area contributed by atoms with Crippen LogP contribution in [0, 0.1) is 6.92 Å². The number of aliphatic hydroxyl groups excluding tert-OH is 1. The van der Waals surface area contributed by atoms with Crippen LogP contribution in [0.25, 0.3) is 11.3 Å². The molecular weight excluding hydrogens is 300 g/mol. The first kappa shape index (κ1) is 18.4. The van der Waals surface area contributed by atoms with Gasteiger partial charge in [0.25, 0.3) is 0 Å². The summed E-state index contributed by atoms with van der Waals surface area (Å²) < 4.78 is 13.2. The Morgan fingerprint density at radius 3 is 2.55 bits per heavy atom. The molecule has 2 aromatic heterocycles. The minimum absolute atomic E-state index is 0.0123. The Hall–Kier alpha value is -1.60. The van der Waals surface area contributed by atoms with Gasteiger partial charge in [-0.2, -0.15) is 5.10 Å². The molecule has 1 N–H and O–H groups in total. The van der Waals surface area contributed by atoms with Crippen LogP contribution < -0.4 is 0 Å². The maximum atomic E-state index is 11.5.